The number of amides is 4. The minimum Gasteiger partial charge on any atom is -0.444 e. The molecule has 0 aliphatic carbocycles. The van der Waals surface area contributed by atoms with Gasteiger partial charge in [0, 0.05) is 24.5 Å². The van der Waals surface area contributed by atoms with Crippen LogP contribution in [0.25, 0.3) is 0 Å². The summed E-state index contributed by atoms with van der Waals surface area (Å²) in [5.74, 6) is -0.487. The van der Waals surface area contributed by atoms with Gasteiger partial charge in [-0.15, -0.1) is 0 Å². The standard InChI is InChI=1S/C44H51N5O6/c1-28-24-34-37(26-33(28)46-41(52)54-43(3,4)5)49(30-18-12-11-13-19-30)38-27-36(29(2)25-35(38)45-34)47(42(53)55-44(6,7)8)22-16-9-10-17-23-48-39(50)31-20-14-15-21-32(31)40(48)51/h11-15,18-21,24-27,45H,9-10,16-17,22-23H2,1-8H3,(H,46,52). The van der Waals surface area contributed by atoms with Gasteiger partial charge in [-0.25, -0.2) is 9.59 Å². The quantitative estimate of drug-likeness (QED) is 0.107. The van der Waals surface area contributed by atoms with Gasteiger partial charge in [-0.3, -0.25) is 24.7 Å². The number of hydrogen-bond donors (Lipinski definition) is 2. The van der Waals surface area contributed by atoms with E-state index in [9.17, 15) is 19.2 Å². The molecule has 0 aromatic heterocycles. The van der Waals surface area contributed by atoms with Gasteiger partial charge >= 0.3 is 12.2 Å². The maximum absolute atomic E-state index is 13.9. The van der Waals surface area contributed by atoms with Crippen molar-refractivity contribution < 1.29 is 28.7 Å². The Balaban J connectivity index is 1.26. The number of para-hydroxylation sites is 1. The van der Waals surface area contributed by atoms with Gasteiger partial charge in [-0.2, -0.15) is 0 Å². The fourth-order valence-corrected chi connectivity index (χ4v) is 6.88. The lowest BCUT2D eigenvalue weighted by Crippen LogP contribution is -2.38. The molecule has 4 amide bonds. The van der Waals surface area contributed by atoms with E-state index in [4.69, 9.17) is 9.47 Å². The number of imide groups is 1. The average Bonchev–Trinajstić information content (AvgIpc) is 3.34. The molecule has 0 saturated carbocycles. The Hall–Kier alpha value is -5.84. The smallest absolute Gasteiger partial charge is 0.414 e. The summed E-state index contributed by atoms with van der Waals surface area (Å²) in [6, 6.07) is 24.9. The van der Waals surface area contributed by atoms with E-state index in [1.165, 1.54) is 4.90 Å². The predicted octanol–water partition coefficient (Wildman–Crippen LogP) is 10.8. The topological polar surface area (TPSA) is 121 Å². The molecule has 4 aromatic rings. The molecule has 0 saturated heterocycles. The lowest BCUT2D eigenvalue weighted by atomic mass is 10.0. The van der Waals surface area contributed by atoms with E-state index < -0.39 is 23.4 Å². The highest BCUT2D eigenvalue weighted by Crippen LogP contribution is 2.51. The number of carbonyl (C=O) groups is 4. The van der Waals surface area contributed by atoms with Crippen LogP contribution in [0.15, 0.2) is 78.9 Å². The molecule has 4 aromatic carbocycles. The molecule has 0 spiro atoms. The third-order valence-corrected chi connectivity index (χ3v) is 9.35. The number of anilines is 7. The summed E-state index contributed by atoms with van der Waals surface area (Å²) in [5.41, 5.74) is 6.88. The van der Waals surface area contributed by atoms with Gasteiger partial charge in [0.1, 0.15) is 11.2 Å². The molecule has 288 valence electrons. The Labute approximate surface area is 323 Å². The van der Waals surface area contributed by atoms with E-state index in [2.05, 4.69) is 15.5 Å². The van der Waals surface area contributed by atoms with Gasteiger partial charge in [-0.1, -0.05) is 43.2 Å². The number of benzene rings is 4. The number of unbranched alkanes of at least 4 members (excludes halogenated alkanes) is 3. The van der Waals surface area contributed by atoms with Crippen molar-refractivity contribution in [2.75, 3.05) is 33.5 Å². The molecule has 2 N–H and O–H groups in total. The van der Waals surface area contributed by atoms with Crippen molar-refractivity contribution >= 4 is 63.8 Å². The fourth-order valence-electron chi connectivity index (χ4n) is 6.88. The second-order valence-corrected chi connectivity index (χ2v) is 16.1. The molecule has 6 rings (SSSR count). The Morgan fingerprint density at radius 1 is 0.709 bits per heavy atom. The van der Waals surface area contributed by atoms with Crippen molar-refractivity contribution in [3.63, 3.8) is 0 Å². The molecule has 11 nitrogen and oxygen atoms in total. The number of aryl methyl sites for hydroxylation is 2. The molecule has 2 heterocycles. The molecule has 2 aliphatic heterocycles. The van der Waals surface area contributed by atoms with E-state index in [1.807, 2.05) is 110 Å². The summed E-state index contributed by atoms with van der Waals surface area (Å²) in [5, 5.41) is 6.53. The van der Waals surface area contributed by atoms with E-state index in [1.54, 1.807) is 29.2 Å². The van der Waals surface area contributed by atoms with Crippen molar-refractivity contribution in [1.82, 2.24) is 4.90 Å². The highest BCUT2D eigenvalue weighted by Gasteiger charge is 2.35. The molecule has 0 radical (unpaired) electrons. The van der Waals surface area contributed by atoms with Gasteiger partial charge in [0.15, 0.2) is 0 Å². The largest absolute Gasteiger partial charge is 0.444 e. The highest BCUT2D eigenvalue weighted by molar-refractivity contribution is 6.21. The molecule has 55 heavy (non-hydrogen) atoms. The van der Waals surface area contributed by atoms with Gasteiger partial charge in [-0.05, 0) is 128 Å². The van der Waals surface area contributed by atoms with Gasteiger partial charge in [0.2, 0.25) is 0 Å². The lowest BCUT2D eigenvalue weighted by molar-refractivity contribution is 0.0575. The predicted molar refractivity (Wildman–Crippen MR) is 218 cm³/mol. The second kappa shape index (κ2) is 15.5. The van der Waals surface area contributed by atoms with Crippen LogP contribution in [-0.4, -0.2) is 53.2 Å². The van der Waals surface area contributed by atoms with E-state index >= 15 is 0 Å². The number of ether oxygens (including phenoxy) is 2. The third kappa shape index (κ3) is 8.77. The molecule has 0 fully saturated rings. The van der Waals surface area contributed by atoms with Crippen LogP contribution in [0.5, 0.6) is 0 Å². The summed E-state index contributed by atoms with van der Waals surface area (Å²) in [7, 11) is 0. The van der Waals surface area contributed by atoms with Crippen LogP contribution in [-0.2, 0) is 9.47 Å². The van der Waals surface area contributed by atoms with Gasteiger partial charge < -0.3 is 19.7 Å². The number of rotatable bonds is 10. The van der Waals surface area contributed by atoms with Crippen molar-refractivity contribution in [1.29, 1.82) is 0 Å². The summed E-state index contributed by atoms with van der Waals surface area (Å²) in [6.07, 6.45) is 1.92. The average molecular weight is 746 g/mol. The maximum Gasteiger partial charge on any atom is 0.414 e. The van der Waals surface area contributed by atoms with Crippen LogP contribution in [0.2, 0.25) is 0 Å². The van der Waals surface area contributed by atoms with Crippen molar-refractivity contribution in [3.8, 4) is 0 Å². The Morgan fingerprint density at radius 2 is 1.27 bits per heavy atom. The normalized spacial score (nSPS) is 13.5. The monoisotopic (exact) mass is 745 g/mol. The molecular formula is C44H51N5O6. The number of nitrogens with one attached hydrogen (secondary N) is 2. The van der Waals surface area contributed by atoms with Gasteiger partial charge in [0.25, 0.3) is 11.8 Å². The van der Waals surface area contributed by atoms with Crippen LogP contribution in [0, 0.1) is 13.8 Å². The Bertz CT molecular complexity index is 2080. The first-order valence-corrected chi connectivity index (χ1v) is 18.9. The molecule has 11 heteroatoms. The summed E-state index contributed by atoms with van der Waals surface area (Å²) in [6.45, 7) is 15.7. The minimum atomic E-state index is -0.713. The van der Waals surface area contributed by atoms with E-state index in [-0.39, 0.29) is 11.8 Å². The van der Waals surface area contributed by atoms with Crippen molar-refractivity contribution in [2.45, 2.75) is 92.3 Å². The summed E-state index contributed by atoms with van der Waals surface area (Å²) >= 11 is 0. The molecule has 0 atom stereocenters. The van der Waals surface area contributed by atoms with Crippen molar-refractivity contribution in [2.24, 2.45) is 0 Å². The molecule has 0 unspecified atom stereocenters. The van der Waals surface area contributed by atoms with Crippen molar-refractivity contribution in [3.05, 3.63) is 101 Å². The zero-order valence-corrected chi connectivity index (χ0v) is 33.0. The first kappa shape index (κ1) is 38.9. The Morgan fingerprint density at radius 3 is 1.89 bits per heavy atom. The van der Waals surface area contributed by atoms with Crippen LogP contribution >= 0.6 is 0 Å². The summed E-state index contributed by atoms with van der Waals surface area (Å²) < 4.78 is 11.5. The van der Waals surface area contributed by atoms with E-state index in [0.717, 1.165) is 52.4 Å². The molecule has 2 aliphatic rings. The number of fused-ring (bicyclic) bond motifs is 3. The maximum atomic E-state index is 13.9. The zero-order valence-electron chi connectivity index (χ0n) is 33.0. The van der Waals surface area contributed by atoms with Crippen LogP contribution in [0.4, 0.5) is 49.4 Å². The fraction of sp³-hybridized carbons (Fsp3) is 0.364. The third-order valence-electron chi connectivity index (χ3n) is 9.35. The SMILES string of the molecule is Cc1cc2c(cc1NC(=O)OC(C)(C)C)N(c1ccccc1)c1cc(N(CCCCCCN3C(=O)c4ccccc4C3=O)C(=O)OC(C)(C)C)c(C)cc1N2. The van der Waals surface area contributed by atoms with Crippen LogP contribution in [0.1, 0.15) is 99.1 Å². The van der Waals surface area contributed by atoms with Crippen LogP contribution < -0.4 is 20.4 Å². The van der Waals surface area contributed by atoms with E-state index in [0.29, 0.717) is 48.4 Å². The Kier molecular flexibility index (Phi) is 10.9. The zero-order chi connectivity index (χ0) is 39.7. The minimum absolute atomic E-state index is 0.244. The molecule has 0 bridgehead atoms. The highest BCUT2D eigenvalue weighted by atomic mass is 16.6. The number of hydrogen-bond acceptors (Lipinski definition) is 8. The first-order valence-electron chi connectivity index (χ1n) is 18.9. The second-order valence-electron chi connectivity index (χ2n) is 16.1. The number of nitrogens with zero attached hydrogens (tertiary/aromatic N) is 3. The first-order chi connectivity index (χ1) is 26.0. The summed E-state index contributed by atoms with van der Waals surface area (Å²) in [4.78, 5) is 57.6. The number of carbonyl (C=O) groups excluding carboxylic acids is 4. The van der Waals surface area contributed by atoms with Gasteiger partial charge in [0.05, 0.1) is 39.6 Å². The van der Waals surface area contributed by atoms with Crippen LogP contribution in [0.3, 0.4) is 0 Å². The lowest BCUT2D eigenvalue weighted by Gasteiger charge is -2.36. The molecular weight excluding hydrogens is 695 g/mol.